The van der Waals surface area contributed by atoms with Crippen molar-refractivity contribution in [2.75, 3.05) is 32.6 Å². The first kappa shape index (κ1) is 31.9. The Hall–Kier alpha value is -3.61. The van der Waals surface area contributed by atoms with E-state index < -0.39 is 29.8 Å². The lowest BCUT2D eigenvalue weighted by atomic mass is 9.65. The van der Waals surface area contributed by atoms with Crippen LogP contribution in [-0.4, -0.2) is 67.6 Å². The van der Waals surface area contributed by atoms with Crippen LogP contribution in [0.15, 0.2) is 36.4 Å². The number of benzene rings is 2. The highest BCUT2D eigenvalue weighted by molar-refractivity contribution is 5.89. The van der Waals surface area contributed by atoms with Gasteiger partial charge in [0.25, 0.3) is 0 Å². The normalized spacial score (nSPS) is 22.1. The molecule has 13 heteroatoms. The fraction of sp³-hybridized carbons (Fsp3) is 0.500. The average Bonchev–Trinajstić information content (AvgIpc) is 3.29. The number of carbonyl (C=O) groups excluding carboxylic acids is 1. The third kappa shape index (κ3) is 7.57. The number of hydrogen-bond acceptors (Lipinski definition) is 5. The molecule has 0 spiro atoms. The Labute approximate surface area is 234 Å². The van der Waals surface area contributed by atoms with Gasteiger partial charge in [0.2, 0.25) is 0 Å². The molecule has 3 unspecified atom stereocenters. The molecule has 226 valence electrons. The quantitative estimate of drug-likeness (QED) is 0.359. The summed E-state index contributed by atoms with van der Waals surface area (Å²) >= 11 is 0. The first-order chi connectivity index (χ1) is 19.3. The molecule has 1 aliphatic heterocycles. The third-order valence-electron chi connectivity index (χ3n) is 7.59. The van der Waals surface area contributed by atoms with Gasteiger partial charge in [-0.3, -0.25) is 4.90 Å². The zero-order valence-electron chi connectivity index (χ0n) is 23.0. The molecule has 1 saturated carbocycles. The van der Waals surface area contributed by atoms with Gasteiger partial charge in [-0.25, -0.2) is 18.4 Å². The van der Waals surface area contributed by atoms with E-state index in [9.17, 15) is 26.7 Å². The highest BCUT2D eigenvalue weighted by Crippen LogP contribution is 2.50. The van der Waals surface area contributed by atoms with Gasteiger partial charge < -0.3 is 25.2 Å². The van der Waals surface area contributed by atoms with Crippen molar-refractivity contribution in [2.24, 2.45) is 0 Å². The third-order valence-corrected chi connectivity index (χ3v) is 7.59. The minimum Gasteiger partial charge on any atom is -0.493 e. The first-order valence-corrected chi connectivity index (χ1v) is 13.1. The molecule has 3 atom stereocenters. The molecule has 2 aromatic carbocycles. The number of carboxylic acids is 1. The summed E-state index contributed by atoms with van der Waals surface area (Å²) in [4.78, 5) is 24.0. The van der Waals surface area contributed by atoms with Gasteiger partial charge in [0.05, 0.1) is 14.2 Å². The SMILES string of the molecule is CCCN1CCC2(c3ccc(OC)c(OC)c3)CCC(NC(=O)Nc3ccc(F)c(F)c3)CC12.O=C(O)C(F)(F)F. The van der Waals surface area contributed by atoms with Crippen LogP contribution >= 0.6 is 0 Å². The lowest BCUT2D eigenvalue weighted by molar-refractivity contribution is -0.192. The van der Waals surface area contributed by atoms with Gasteiger partial charge >= 0.3 is 18.2 Å². The van der Waals surface area contributed by atoms with Crippen molar-refractivity contribution in [1.82, 2.24) is 10.2 Å². The van der Waals surface area contributed by atoms with Crippen LogP contribution in [0.5, 0.6) is 11.5 Å². The van der Waals surface area contributed by atoms with E-state index in [0.717, 1.165) is 63.1 Å². The maximum Gasteiger partial charge on any atom is 0.490 e. The van der Waals surface area contributed by atoms with Crippen molar-refractivity contribution < 1.29 is 46.1 Å². The Morgan fingerprint density at radius 3 is 2.32 bits per heavy atom. The highest BCUT2D eigenvalue weighted by Gasteiger charge is 2.51. The fourth-order valence-corrected chi connectivity index (χ4v) is 5.74. The summed E-state index contributed by atoms with van der Waals surface area (Å²) in [5, 5.41) is 12.8. The maximum atomic E-state index is 13.5. The lowest BCUT2D eigenvalue weighted by Gasteiger charge is -2.45. The highest BCUT2D eigenvalue weighted by atomic mass is 19.4. The number of carbonyl (C=O) groups is 2. The van der Waals surface area contributed by atoms with E-state index in [1.54, 1.807) is 14.2 Å². The Kier molecular flexibility index (Phi) is 10.4. The molecule has 8 nitrogen and oxygen atoms in total. The molecule has 41 heavy (non-hydrogen) atoms. The van der Waals surface area contributed by atoms with Crippen molar-refractivity contribution in [3.8, 4) is 11.5 Å². The van der Waals surface area contributed by atoms with E-state index in [2.05, 4.69) is 34.6 Å². The number of ether oxygens (including phenoxy) is 2. The van der Waals surface area contributed by atoms with Crippen molar-refractivity contribution in [1.29, 1.82) is 0 Å². The van der Waals surface area contributed by atoms with Crippen LogP contribution in [0.25, 0.3) is 0 Å². The van der Waals surface area contributed by atoms with Gasteiger partial charge in [-0.2, -0.15) is 13.2 Å². The van der Waals surface area contributed by atoms with Crippen molar-refractivity contribution in [3.05, 3.63) is 53.6 Å². The average molecular weight is 588 g/mol. The number of likely N-dealkylation sites (tertiary alicyclic amines) is 1. The summed E-state index contributed by atoms with van der Waals surface area (Å²) in [6.45, 7) is 4.21. The van der Waals surface area contributed by atoms with Gasteiger partial charge in [0, 0.05) is 29.3 Å². The molecule has 2 fully saturated rings. The minimum absolute atomic E-state index is 0.0105. The topological polar surface area (TPSA) is 100 Å². The zero-order valence-corrected chi connectivity index (χ0v) is 23.0. The zero-order chi connectivity index (χ0) is 30.4. The monoisotopic (exact) mass is 587 g/mol. The Bertz CT molecular complexity index is 1230. The molecule has 0 radical (unpaired) electrons. The number of aliphatic carboxylic acids is 1. The molecular weight excluding hydrogens is 553 g/mol. The number of nitrogens with one attached hydrogen (secondary N) is 2. The largest absolute Gasteiger partial charge is 0.493 e. The van der Waals surface area contributed by atoms with Crippen LogP contribution in [0.1, 0.15) is 44.6 Å². The molecule has 2 amide bonds. The van der Waals surface area contributed by atoms with Crippen LogP contribution < -0.4 is 20.1 Å². The second-order valence-electron chi connectivity index (χ2n) is 10.0. The maximum absolute atomic E-state index is 13.5. The minimum atomic E-state index is -5.08. The molecule has 3 N–H and O–H groups in total. The molecule has 1 aliphatic carbocycles. The van der Waals surface area contributed by atoms with Crippen LogP contribution in [0.3, 0.4) is 0 Å². The second kappa shape index (κ2) is 13.4. The van der Waals surface area contributed by atoms with Crippen molar-refractivity contribution in [2.45, 2.75) is 62.7 Å². The van der Waals surface area contributed by atoms with Gasteiger partial charge in [-0.15, -0.1) is 0 Å². The molecule has 1 saturated heterocycles. The molecule has 4 rings (SSSR count). The summed E-state index contributed by atoms with van der Waals surface area (Å²) < 4.78 is 69.4. The van der Waals surface area contributed by atoms with Crippen molar-refractivity contribution in [3.63, 3.8) is 0 Å². The summed E-state index contributed by atoms with van der Waals surface area (Å²) in [7, 11) is 3.29. The second-order valence-corrected chi connectivity index (χ2v) is 10.0. The summed E-state index contributed by atoms with van der Waals surface area (Å²) in [5.74, 6) is -3.24. The fourth-order valence-electron chi connectivity index (χ4n) is 5.74. The van der Waals surface area contributed by atoms with Gasteiger partial charge in [0.15, 0.2) is 23.1 Å². The number of urea groups is 1. The number of halogens is 5. The van der Waals surface area contributed by atoms with Crippen LogP contribution in [-0.2, 0) is 10.2 Å². The molecule has 1 heterocycles. The lowest BCUT2D eigenvalue weighted by Crippen LogP contribution is -2.53. The van der Waals surface area contributed by atoms with E-state index in [4.69, 9.17) is 19.4 Å². The van der Waals surface area contributed by atoms with Crippen LogP contribution in [0.4, 0.5) is 32.4 Å². The molecule has 2 aromatic rings. The number of fused-ring (bicyclic) bond motifs is 1. The van der Waals surface area contributed by atoms with E-state index in [1.807, 2.05) is 6.07 Å². The Morgan fingerprint density at radius 2 is 1.73 bits per heavy atom. The number of nitrogens with zero attached hydrogens (tertiary/aromatic N) is 1. The molecule has 0 aromatic heterocycles. The van der Waals surface area contributed by atoms with Gasteiger partial charge in [-0.1, -0.05) is 13.0 Å². The number of hydrogen-bond donors (Lipinski definition) is 3. The summed E-state index contributed by atoms with van der Waals surface area (Å²) in [6.07, 6.45) is -0.382. The molecule has 2 aliphatic rings. The van der Waals surface area contributed by atoms with E-state index >= 15 is 0 Å². The van der Waals surface area contributed by atoms with Crippen LogP contribution in [0, 0.1) is 11.6 Å². The number of rotatable bonds is 7. The number of anilines is 1. The Morgan fingerprint density at radius 1 is 1.05 bits per heavy atom. The first-order valence-electron chi connectivity index (χ1n) is 13.1. The predicted molar refractivity (Wildman–Crippen MR) is 141 cm³/mol. The van der Waals surface area contributed by atoms with E-state index in [-0.39, 0.29) is 23.2 Å². The summed E-state index contributed by atoms with van der Waals surface area (Å²) in [6, 6.07) is 9.42. The Balaban J connectivity index is 0.000000587. The number of carboxylic acid groups (broad SMARTS) is 1. The smallest absolute Gasteiger partial charge is 0.490 e. The molecule has 0 bridgehead atoms. The molecular formula is C28H34F5N3O5. The van der Waals surface area contributed by atoms with Gasteiger partial charge in [-0.05, 0) is 75.0 Å². The number of methoxy groups -OCH3 is 2. The van der Waals surface area contributed by atoms with Gasteiger partial charge in [0.1, 0.15) is 0 Å². The number of amides is 2. The standard InChI is InChI=1S/C26H33F2N3O3.C2HF3O2/c1-4-12-31-13-11-26(17-5-8-22(33-2)23(14-17)34-3)10-9-19(16-24(26)31)30-25(32)29-18-6-7-20(27)21(28)15-18;3-2(4,5)1(6)7/h5-8,14-15,19,24H,4,9-13,16H2,1-3H3,(H2,29,30,32);(H,6,7). The van der Waals surface area contributed by atoms with E-state index in [1.165, 1.54) is 11.6 Å². The van der Waals surface area contributed by atoms with Crippen LogP contribution in [0.2, 0.25) is 0 Å². The summed E-state index contributed by atoms with van der Waals surface area (Å²) in [5.41, 5.74) is 1.46. The van der Waals surface area contributed by atoms with E-state index in [0.29, 0.717) is 5.75 Å². The number of alkyl halides is 3. The predicted octanol–water partition coefficient (Wildman–Crippen LogP) is 5.71. The van der Waals surface area contributed by atoms with Crippen molar-refractivity contribution >= 4 is 17.7 Å².